The third kappa shape index (κ3) is 4.87. The van der Waals surface area contributed by atoms with Gasteiger partial charge >= 0.3 is 6.09 Å². The standard InChI is InChI=1S/C18H21ClFN3O3S/c1-18(2,3)26-17(25)23-6-4-5-10(9-23)15(24)22-16-21-14-12(19)7-11(20)8-13(14)27-16/h7-8,10H,4-6,9H2,1-3H3,(H,21,22,24). The average Bonchev–Trinajstić information content (AvgIpc) is 2.96. The molecule has 9 heteroatoms. The highest BCUT2D eigenvalue weighted by atomic mass is 35.5. The van der Waals surface area contributed by atoms with Crippen molar-refractivity contribution >= 4 is 50.3 Å². The number of benzene rings is 1. The third-order valence-electron chi connectivity index (χ3n) is 4.09. The number of likely N-dealkylation sites (tertiary alicyclic amines) is 1. The van der Waals surface area contributed by atoms with E-state index in [2.05, 4.69) is 10.3 Å². The van der Waals surface area contributed by atoms with Crippen molar-refractivity contribution in [3.8, 4) is 0 Å². The van der Waals surface area contributed by atoms with Gasteiger partial charge < -0.3 is 15.0 Å². The lowest BCUT2D eigenvalue weighted by atomic mass is 9.97. The first kappa shape index (κ1) is 19.8. The summed E-state index contributed by atoms with van der Waals surface area (Å²) in [6.07, 6.45) is 0.974. The Morgan fingerprint density at radius 1 is 1.41 bits per heavy atom. The Balaban J connectivity index is 1.67. The molecule has 0 aliphatic carbocycles. The van der Waals surface area contributed by atoms with E-state index in [0.717, 1.165) is 11.3 Å². The van der Waals surface area contributed by atoms with Crippen LogP contribution >= 0.6 is 22.9 Å². The Hall–Kier alpha value is -1.93. The van der Waals surface area contributed by atoms with Crippen molar-refractivity contribution < 1.29 is 18.7 Å². The Bertz CT molecular complexity index is 881. The van der Waals surface area contributed by atoms with Gasteiger partial charge in [0.05, 0.1) is 15.6 Å². The molecule has 1 aromatic heterocycles. The smallest absolute Gasteiger partial charge is 0.410 e. The fraction of sp³-hybridized carbons (Fsp3) is 0.500. The predicted molar refractivity (Wildman–Crippen MR) is 104 cm³/mol. The number of anilines is 1. The van der Waals surface area contributed by atoms with E-state index in [0.29, 0.717) is 41.3 Å². The van der Waals surface area contributed by atoms with Crippen molar-refractivity contribution in [1.82, 2.24) is 9.88 Å². The molecule has 0 radical (unpaired) electrons. The molecule has 1 aliphatic heterocycles. The van der Waals surface area contributed by atoms with Crippen LogP contribution in [-0.2, 0) is 9.53 Å². The van der Waals surface area contributed by atoms with Crippen molar-refractivity contribution in [2.75, 3.05) is 18.4 Å². The minimum Gasteiger partial charge on any atom is -0.444 e. The van der Waals surface area contributed by atoms with Crippen LogP contribution in [0.2, 0.25) is 5.02 Å². The van der Waals surface area contributed by atoms with E-state index in [-0.39, 0.29) is 16.8 Å². The Labute approximate surface area is 165 Å². The molecule has 2 heterocycles. The maximum atomic E-state index is 13.5. The normalized spacial score (nSPS) is 17.8. The summed E-state index contributed by atoms with van der Waals surface area (Å²) in [6, 6.07) is 2.52. The monoisotopic (exact) mass is 413 g/mol. The van der Waals surface area contributed by atoms with Crippen LogP contribution in [0.15, 0.2) is 12.1 Å². The molecule has 27 heavy (non-hydrogen) atoms. The second kappa shape index (κ2) is 7.59. The summed E-state index contributed by atoms with van der Waals surface area (Å²) in [5.74, 6) is -1.03. The van der Waals surface area contributed by atoms with Crippen LogP contribution in [-0.4, -0.2) is 40.6 Å². The number of amides is 2. The number of carbonyl (C=O) groups excluding carboxylic acids is 2. The first-order chi connectivity index (χ1) is 12.6. The second-order valence-corrected chi connectivity index (χ2v) is 8.95. The molecule has 6 nitrogen and oxygen atoms in total. The Morgan fingerprint density at radius 2 is 2.15 bits per heavy atom. The minimum atomic E-state index is -0.582. The van der Waals surface area contributed by atoms with Gasteiger partial charge in [-0.1, -0.05) is 22.9 Å². The second-order valence-electron chi connectivity index (χ2n) is 7.51. The van der Waals surface area contributed by atoms with Gasteiger partial charge in [-0.2, -0.15) is 0 Å². The summed E-state index contributed by atoms with van der Waals surface area (Å²) < 4.78 is 19.4. The van der Waals surface area contributed by atoms with Gasteiger partial charge in [0, 0.05) is 13.1 Å². The number of aromatic nitrogens is 1. The molecular formula is C18H21ClFN3O3S. The number of piperidine rings is 1. The first-order valence-corrected chi connectivity index (χ1v) is 9.86. The summed E-state index contributed by atoms with van der Waals surface area (Å²) in [7, 11) is 0. The topological polar surface area (TPSA) is 71.5 Å². The molecule has 1 N–H and O–H groups in total. The van der Waals surface area contributed by atoms with Gasteiger partial charge in [0.25, 0.3) is 0 Å². The molecule has 1 atom stereocenters. The molecule has 2 amide bonds. The molecule has 1 saturated heterocycles. The van der Waals surface area contributed by atoms with Gasteiger partial charge in [-0.15, -0.1) is 0 Å². The van der Waals surface area contributed by atoms with Crippen molar-refractivity contribution in [2.24, 2.45) is 5.92 Å². The lowest BCUT2D eigenvalue weighted by Gasteiger charge is -2.33. The molecule has 1 aromatic carbocycles. The van der Waals surface area contributed by atoms with E-state index >= 15 is 0 Å². The summed E-state index contributed by atoms with van der Waals surface area (Å²) in [6.45, 7) is 6.27. The van der Waals surface area contributed by atoms with E-state index in [9.17, 15) is 14.0 Å². The van der Waals surface area contributed by atoms with Crippen molar-refractivity contribution in [1.29, 1.82) is 0 Å². The maximum Gasteiger partial charge on any atom is 0.410 e. The molecule has 2 aromatic rings. The van der Waals surface area contributed by atoms with Gasteiger partial charge in [-0.05, 0) is 45.7 Å². The molecule has 0 saturated carbocycles. The molecule has 0 bridgehead atoms. The number of fused-ring (bicyclic) bond motifs is 1. The zero-order chi connectivity index (χ0) is 19.8. The Morgan fingerprint density at radius 3 is 2.85 bits per heavy atom. The van der Waals surface area contributed by atoms with Crippen LogP contribution in [0, 0.1) is 11.7 Å². The number of halogens is 2. The van der Waals surface area contributed by atoms with Crippen LogP contribution in [0.1, 0.15) is 33.6 Å². The lowest BCUT2D eigenvalue weighted by Crippen LogP contribution is -2.45. The van der Waals surface area contributed by atoms with Gasteiger partial charge in [0.15, 0.2) is 5.13 Å². The fourth-order valence-corrected chi connectivity index (χ4v) is 4.13. The minimum absolute atomic E-state index is 0.204. The van der Waals surface area contributed by atoms with Crippen molar-refractivity contribution in [2.45, 2.75) is 39.2 Å². The van der Waals surface area contributed by atoms with Crippen LogP contribution < -0.4 is 5.32 Å². The average molecular weight is 414 g/mol. The molecule has 0 spiro atoms. The molecule has 146 valence electrons. The number of thiazole rings is 1. The van der Waals surface area contributed by atoms with Crippen LogP contribution in [0.5, 0.6) is 0 Å². The van der Waals surface area contributed by atoms with Gasteiger partial charge in [0.1, 0.15) is 16.9 Å². The third-order valence-corrected chi connectivity index (χ3v) is 5.29. The Kier molecular flexibility index (Phi) is 5.58. The molecular weight excluding hydrogens is 393 g/mol. The highest BCUT2D eigenvalue weighted by Crippen LogP contribution is 2.32. The highest BCUT2D eigenvalue weighted by Gasteiger charge is 2.31. The van der Waals surface area contributed by atoms with Crippen molar-refractivity contribution in [3.63, 3.8) is 0 Å². The zero-order valence-electron chi connectivity index (χ0n) is 15.3. The summed E-state index contributed by atoms with van der Waals surface area (Å²) in [5, 5.41) is 3.33. The molecule has 1 unspecified atom stereocenters. The number of hydrogen-bond donors (Lipinski definition) is 1. The highest BCUT2D eigenvalue weighted by molar-refractivity contribution is 7.22. The predicted octanol–water partition coefficient (Wildman–Crippen LogP) is 4.67. The van der Waals surface area contributed by atoms with Gasteiger partial charge in [-0.25, -0.2) is 14.2 Å². The quantitative estimate of drug-likeness (QED) is 0.776. The first-order valence-electron chi connectivity index (χ1n) is 8.67. The number of nitrogens with zero attached hydrogens (tertiary/aromatic N) is 2. The fourth-order valence-electron chi connectivity index (χ4n) is 2.90. The number of rotatable bonds is 2. The molecule has 1 fully saturated rings. The zero-order valence-corrected chi connectivity index (χ0v) is 16.9. The van der Waals surface area contributed by atoms with Gasteiger partial charge in [0.2, 0.25) is 5.91 Å². The van der Waals surface area contributed by atoms with Crippen LogP contribution in [0.4, 0.5) is 14.3 Å². The summed E-state index contributed by atoms with van der Waals surface area (Å²) in [5.41, 5.74) is -0.126. The number of nitrogens with one attached hydrogen (secondary N) is 1. The van der Waals surface area contributed by atoms with E-state index in [1.807, 2.05) is 0 Å². The van der Waals surface area contributed by atoms with Crippen molar-refractivity contribution in [3.05, 3.63) is 23.0 Å². The number of hydrogen-bond acceptors (Lipinski definition) is 5. The summed E-state index contributed by atoms with van der Waals surface area (Å²) >= 11 is 7.16. The summed E-state index contributed by atoms with van der Waals surface area (Å²) in [4.78, 5) is 30.7. The van der Waals surface area contributed by atoms with Crippen LogP contribution in [0.25, 0.3) is 10.2 Å². The molecule has 3 rings (SSSR count). The SMILES string of the molecule is CC(C)(C)OC(=O)N1CCCC(C(=O)Nc2nc3c(Cl)cc(F)cc3s2)C1. The van der Waals surface area contributed by atoms with E-state index in [1.165, 1.54) is 12.1 Å². The number of carbonyl (C=O) groups is 2. The van der Waals surface area contributed by atoms with Gasteiger partial charge in [-0.3, -0.25) is 4.79 Å². The van der Waals surface area contributed by atoms with Crippen LogP contribution in [0.3, 0.4) is 0 Å². The number of ether oxygens (including phenoxy) is 1. The maximum absolute atomic E-state index is 13.5. The molecule has 1 aliphatic rings. The lowest BCUT2D eigenvalue weighted by molar-refractivity contribution is -0.121. The van der Waals surface area contributed by atoms with E-state index in [4.69, 9.17) is 16.3 Å². The van der Waals surface area contributed by atoms with E-state index < -0.39 is 17.5 Å². The van der Waals surface area contributed by atoms with E-state index in [1.54, 1.807) is 25.7 Å². The largest absolute Gasteiger partial charge is 0.444 e.